The van der Waals surface area contributed by atoms with Gasteiger partial charge in [0.05, 0.1) is 17.1 Å². The number of aryl methyl sites for hydroxylation is 1. The quantitative estimate of drug-likeness (QED) is 0.708. The van der Waals surface area contributed by atoms with E-state index in [0.717, 1.165) is 16.6 Å². The summed E-state index contributed by atoms with van der Waals surface area (Å²) in [4.78, 5) is 12.7. The van der Waals surface area contributed by atoms with Gasteiger partial charge in [0.2, 0.25) is 11.7 Å². The molecule has 6 nitrogen and oxygen atoms in total. The molecule has 0 aliphatic carbocycles. The Kier molecular flexibility index (Phi) is 2.86. The van der Waals surface area contributed by atoms with Gasteiger partial charge in [0, 0.05) is 30.8 Å². The van der Waals surface area contributed by atoms with Crippen LogP contribution in [0.3, 0.4) is 0 Å². The molecule has 2 heterocycles. The highest BCUT2D eigenvalue weighted by Crippen LogP contribution is 2.20. The average Bonchev–Trinajstić information content (AvgIpc) is 2.93. The van der Waals surface area contributed by atoms with E-state index in [1.807, 2.05) is 24.3 Å². The van der Waals surface area contributed by atoms with Crippen LogP contribution in [0.15, 0.2) is 35.1 Å². The van der Waals surface area contributed by atoms with E-state index in [0.29, 0.717) is 24.6 Å². The molecule has 3 rings (SSSR count). The minimum absolute atomic E-state index is 0.366. The Morgan fingerprint density at radius 3 is 2.84 bits per heavy atom. The van der Waals surface area contributed by atoms with E-state index in [1.54, 1.807) is 12.4 Å². The minimum Gasteiger partial charge on any atom is -0.339 e. The predicted octanol–water partition coefficient (Wildman–Crippen LogP) is 2.14. The molecule has 0 amide bonds. The topological polar surface area (TPSA) is 88.5 Å². The fourth-order valence-electron chi connectivity index (χ4n) is 1.74. The SMILES string of the molecule is N#CCCc1nc(-c2ccc3nccnc3c2)no1. The van der Waals surface area contributed by atoms with Crippen LogP contribution in [-0.4, -0.2) is 20.1 Å². The highest BCUT2D eigenvalue weighted by molar-refractivity contribution is 5.79. The normalized spacial score (nSPS) is 10.5. The summed E-state index contributed by atoms with van der Waals surface area (Å²) in [5.74, 6) is 0.969. The third kappa shape index (κ3) is 2.26. The molecule has 0 saturated carbocycles. The van der Waals surface area contributed by atoms with Gasteiger partial charge in [-0.2, -0.15) is 10.2 Å². The summed E-state index contributed by atoms with van der Waals surface area (Å²) in [5.41, 5.74) is 2.42. The number of rotatable bonds is 3. The first-order chi connectivity index (χ1) is 9.36. The van der Waals surface area contributed by atoms with E-state index >= 15 is 0 Å². The summed E-state index contributed by atoms with van der Waals surface area (Å²) >= 11 is 0. The van der Waals surface area contributed by atoms with Gasteiger partial charge < -0.3 is 4.52 Å². The molecule has 0 aliphatic rings. The highest BCUT2D eigenvalue weighted by atomic mass is 16.5. The lowest BCUT2D eigenvalue weighted by Gasteiger charge is -1.97. The summed E-state index contributed by atoms with van der Waals surface area (Å²) in [6.45, 7) is 0. The molecule has 0 aliphatic heterocycles. The summed E-state index contributed by atoms with van der Waals surface area (Å²) in [6.07, 6.45) is 4.12. The largest absolute Gasteiger partial charge is 0.339 e. The van der Waals surface area contributed by atoms with E-state index in [4.69, 9.17) is 9.78 Å². The Morgan fingerprint density at radius 1 is 1.16 bits per heavy atom. The monoisotopic (exact) mass is 251 g/mol. The van der Waals surface area contributed by atoms with Crippen LogP contribution in [0.4, 0.5) is 0 Å². The lowest BCUT2D eigenvalue weighted by atomic mass is 10.2. The van der Waals surface area contributed by atoms with Crippen LogP contribution < -0.4 is 0 Å². The first kappa shape index (κ1) is 11.3. The molecule has 0 saturated heterocycles. The number of fused-ring (bicyclic) bond motifs is 1. The summed E-state index contributed by atoms with van der Waals surface area (Å²) in [6, 6.07) is 7.64. The second kappa shape index (κ2) is 4.82. The molecule has 6 heteroatoms. The molecule has 1 aromatic carbocycles. The van der Waals surface area contributed by atoms with E-state index in [1.165, 1.54) is 0 Å². The molecule has 0 fully saturated rings. The molecular weight excluding hydrogens is 242 g/mol. The van der Waals surface area contributed by atoms with Gasteiger partial charge in [0.15, 0.2) is 0 Å². The number of benzene rings is 1. The molecule has 0 atom stereocenters. The first-order valence-corrected chi connectivity index (χ1v) is 5.77. The zero-order valence-electron chi connectivity index (χ0n) is 9.95. The Labute approximate surface area is 108 Å². The molecular formula is C13H9N5O. The zero-order chi connectivity index (χ0) is 13.1. The number of aromatic nitrogens is 4. The van der Waals surface area contributed by atoms with Crippen LogP contribution in [0.25, 0.3) is 22.4 Å². The van der Waals surface area contributed by atoms with Crippen LogP contribution >= 0.6 is 0 Å². The first-order valence-electron chi connectivity index (χ1n) is 5.77. The second-order valence-electron chi connectivity index (χ2n) is 3.93. The zero-order valence-corrected chi connectivity index (χ0v) is 9.95. The number of hydrogen-bond acceptors (Lipinski definition) is 6. The summed E-state index contributed by atoms with van der Waals surface area (Å²) in [5, 5.41) is 12.4. The van der Waals surface area contributed by atoms with Crippen molar-refractivity contribution in [3.8, 4) is 17.5 Å². The number of hydrogen-bond donors (Lipinski definition) is 0. The maximum absolute atomic E-state index is 8.51. The van der Waals surface area contributed by atoms with Crippen molar-refractivity contribution in [2.45, 2.75) is 12.8 Å². The van der Waals surface area contributed by atoms with Crippen molar-refractivity contribution >= 4 is 11.0 Å². The molecule has 0 bridgehead atoms. The van der Waals surface area contributed by atoms with Gasteiger partial charge in [-0.3, -0.25) is 9.97 Å². The van der Waals surface area contributed by atoms with Gasteiger partial charge in [0.1, 0.15) is 0 Å². The van der Waals surface area contributed by atoms with Crippen molar-refractivity contribution in [2.24, 2.45) is 0 Å². The summed E-state index contributed by atoms with van der Waals surface area (Å²) < 4.78 is 5.08. The third-order valence-corrected chi connectivity index (χ3v) is 2.65. The van der Waals surface area contributed by atoms with Crippen LogP contribution in [-0.2, 0) is 6.42 Å². The number of nitriles is 1. The van der Waals surface area contributed by atoms with Gasteiger partial charge in [-0.05, 0) is 18.2 Å². The standard InChI is InChI=1S/C13H9N5O/c14-5-1-2-12-17-13(18-19-12)9-3-4-10-11(8-9)16-7-6-15-10/h3-4,6-8H,1-2H2. The van der Waals surface area contributed by atoms with Crippen LogP contribution in [0.5, 0.6) is 0 Å². The lowest BCUT2D eigenvalue weighted by Crippen LogP contribution is -1.86. The molecule has 2 aromatic heterocycles. The molecule has 0 radical (unpaired) electrons. The fourth-order valence-corrected chi connectivity index (χ4v) is 1.74. The molecule has 19 heavy (non-hydrogen) atoms. The van der Waals surface area contributed by atoms with Crippen LogP contribution in [0, 0.1) is 11.3 Å². The Hall–Kier alpha value is -2.81. The smallest absolute Gasteiger partial charge is 0.227 e. The van der Waals surface area contributed by atoms with Crippen LogP contribution in [0.2, 0.25) is 0 Å². The maximum Gasteiger partial charge on any atom is 0.227 e. The predicted molar refractivity (Wildman–Crippen MR) is 66.8 cm³/mol. The molecule has 0 spiro atoms. The maximum atomic E-state index is 8.51. The van der Waals surface area contributed by atoms with Gasteiger partial charge >= 0.3 is 0 Å². The lowest BCUT2D eigenvalue weighted by molar-refractivity contribution is 0.380. The Balaban J connectivity index is 1.95. The van der Waals surface area contributed by atoms with Gasteiger partial charge in [-0.1, -0.05) is 5.16 Å². The highest BCUT2D eigenvalue weighted by Gasteiger charge is 2.09. The molecule has 92 valence electrons. The molecule has 0 unspecified atom stereocenters. The van der Waals surface area contributed by atoms with Gasteiger partial charge in [-0.25, -0.2) is 0 Å². The Morgan fingerprint density at radius 2 is 2.00 bits per heavy atom. The van der Waals surface area contributed by atoms with Gasteiger partial charge in [0.25, 0.3) is 0 Å². The average molecular weight is 251 g/mol. The van der Waals surface area contributed by atoms with E-state index < -0.39 is 0 Å². The van der Waals surface area contributed by atoms with E-state index in [9.17, 15) is 0 Å². The van der Waals surface area contributed by atoms with Crippen LogP contribution in [0.1, 0.15) is 12.3 Å². The van der Waals surface area contributed by atoms with Crippen molar-refractivity contribution in [1.29, 1.82) is 5.26 Å². The third-order valence-electron chi connectivity index (χ3n) is 2.65. The second-order valence-corrected chi connectivity index (χ2v) is 3.93. The van der Waals surface area contributed by atoms with Crippen molar-refractivity contribution in [3.63, 3.8) is 0 Å². The van der Waals surface area contributed by atoms with Gasteiger partial charge in [-0.15, -0.1) is 0 Å². The van der Waals surface area contributed by atoms with Crippen molar-refractivity contribution in [1.82, 2.24) is 20.1 Å². The Bertz CT molecular complexity index is 759. The van der Waals surface area contributed by atoms with Crippen molar-refractivity contribution in [3.05, 3.63) is 36.5 Å². The fraction of sp³-hybridized carbons (Fsp3) is 0.154. The summed E-state index contributed by atoms with van der Waals surface area (Å²) in [7, 11) is 0. The van der Waals surface area contributed by atoms with E-state index in [2.05, 4.69) is 20.1 Å². The molecule has 0 N–H and O–H groups in total. The molecule has 3 aromatic rings. The van der Waals surface area contributed by atoms with Crippen molar-refractivity contribution < 1.29 is 4.52 Å². The van der Waals surface area contributed by atoms with Crippen molar-refractivity contribution in [2.75, 3.05) is 0 Å². The number of nitrogens with zero attached hydrogens (tertiary/aromatic N) is 5. The minimum atomic E-state index is 0.366. The van der Waals surface area contributed by atoms with E-state index in [-0.39, 0.29) is 0 Å².